The highest BCUT2D eigenvalue weighted by molar-refractivity contribution is 7.89. The van der Waals surface area contributed by atoms with Crippen LogP contribution < -0.4 is 10.0 Å². The van der Waals surface area contributed by atoms with Crippen LogP contribution in [-0.2, 0) is 17.1 Å². The lowest BCUT2D eigenvalue weighted by Gasteiger charge is -2.09. The van der Waals surface area contributed by atoms with E-state index in [0.29, 0.717) is 12.5 Å². The summed E-state index contributed by atoms with van der Waals surface area (Å²) < 4.78 is 27.5. The highest BCUT2D eigenvalue weighted by Crippen LogP contribution is 2.12. The zero-order chi connectivity index (χ0) is 12.3. The van der Waals surface area contributed by atoms with Gasteiger partial charge in [0.25, 0.3) is 10.0 Å². The van der Waals surface area contributed by atoms with E-state index in [2.05, 4.69) is 20.4 Å². The number of sulfonamides is 1. The summed E-state index contributed by atoms with van der Waals surface area (Å²) in [5.74, 6) is 0.572. The van der Waals surface area contributed by atoms with Gasteiger partial charge in [0.1, 0.15) is 0 Å². The van der Waals surface area contributed by atoms with Gasteiger partial charge in [0.2, 0.25) is 0 Å². The van der Waals surface area contributed by atoms with Gasteiger partial charge in [-0.1, -0.05) is 5.21 Å². The lowest BCUT2D eigenvalue weighted by atomic mass is 10.1. The largest absolute Gasteiger partial charge is 0.316 e. The predicted molar refractivity (Wildman–Crippen MR) is 61.8 cm³/mol. The number of nitrogens with one attached hydrogen (secondary N) is 2. The maximum Gasteiger partial charge on any atom is 0.259 e. The molecule has 0 aromatic carbocycles. The van der Waals surface area contributed by atoms with Crippen LogP contribution in [0.25, 0.3) is 0 Å². The van der Waals surface area contributed by atoms with Crippen molar-refractivity contribution in [2.45, 2.75) is 17.9 Å². The van der Waals surface area contributed by atoms with Gasteiger partial charge >= 0.3 is 0 Å². The Hall–Kier alpha value is -0.990. The van der Waals surface area contributed by atoms with E-state index in [1.165, 1.54) is 10.9 Å². The molecule has 0 saturated carbocycles. The molecule has 0 radical (unpaired) electrons. The van der Waals surface area contributed by atoms with Gasteiger partial charge in [0.05, 0.1) is 6.20 Å². The molecule has 8 heteroatoms. The van der Waals surface area contributed by atoms with Crippen LogP contribution in [0.4, 0.5) is 0 Å². The normalized spacial score (nSPS) is 20.9. The second kappa shape index (κ2) is 5.11. The molecular weight excluding hydrogens is 242 g/mol. The smallest absolute Gasteiger partial charge is 0.259 e. The number of nitrogens with zero attached hydrogens (tertiary/aromatic N) is 3. The Morgan fingerprint density at radius 2 is 2.47 bits per heavy atom. The fraction of sp³-hybridized carbons (Fsp3) is 0.778. The number of hydrogen-bond acceptors (Lipinski definition) is 5. The van der Waals surface area contributed by atoms with Crippen molar-refractivity contribution in [1.82, 2.24) is 25.0 Å². The molecule has 0 amide bonds. The molecule has 1 aromatic heterocycles. The first kappa shape index (κ1) is 12.5. The fourth-order valence-corrected chi connectivity index (χ4v) is 3.06. The molecule has 0 spiro atoms. The highest BCUT2D eigenvalue weighted by atomic mass is 32.2. The number of rotatable bonds is 5. The molecule has 1 aliphatic heterocycles. The van der Waals surface area contributed by atoms with Gasteiger partial charge < -0.3 is 5.32 Å². The van der Waals surface area contributed by atoms with Crippen molar-refractivity contribution in [3.63, 3.8) is 0 Å². The van der Waals surface area contributed by atoms with Crippen molar-refractivity contribution >= 4 is 10.0 Å². The van der Waals surface area contributed by atoms with Crippen LogP contribution in [0.1, 0.15) is 12.8 Å². The minimum absolute atomic E-state index is 0.0991. The monoisotopic (exact) mass is 259 g/mol. The molecule has 1 fully saturated rings. The lowest BCUT2D eigenvalue weighted by Crippen LogP contribution is -2.28. The van der Waals surface area contributed by atoms with Crippen molar-refractivity contribution in [1.29, 1.82) is 0 Å². The van der Waals surface area contributed by atoms with Crippen LogP contribution in [0.5, 0.6) is 0 Å². The van der Waals surface area contributed by atoms with Crippen LogP contribution in [0.2, 0.25) is 0 Å². The van der Waals surface area contributed by atoms with Gasteiger partial charge in [-0.2, -0.15) is 0 Å². The molecule has 7 nitrogen and oxygen atoms in total. The summed E-state index contributed by atoms with van der Waals surface area (Å²) in [5, 5.41) is 10.5. The molecule has 2 rings (SSSR count). The Bertz CT molecular complexity index is 463. The van der Waals surface area contributed by atoms with Crippen LogP contribution in [0.3, 0.4) is 0 Å². The van der Waals surface area contributed by atoms with Gasteiger partial charge in [0, 0.05) is 13.6 Å². The third-order valence-electron chi connectivity index (χ3n) is 2.96. The van der Waals surface area contributed by atoms with Gasteiger partial charge in [-0.15, -0.1) is 5.10 Å². The molecule has 96 valence electrons. The van der Waals surface area contributed by atoms with Crippen LogP contribution >= 0.6 is 0 Å². The summed E-state index contributed by atoms with van der Waals surface area (Å²) >= 11 is 0. The number of aromatic nitrogens is 3. The zero-order valence-electron chi connectivity index (χ0n) is 9.76. The molecule has 1 atom stereocenters. The fourth-order valence-electron chi connectivity index (χ4n) is 1.96. The quantitative estimate of drug-likeness (QED) is 0.715. The molecule has 0 aliphatic carbocycles. The van der Waals surface area contributed by atoms with Gasteiger partial charge in [-0.3, -0.25) is 0 Å². The minimum Gasteiger partial charge on any atom is -0.316 e. The molecule has 1 aliphatic rings. The first-order valence-electron chi connectivity index (χ1n) is 5.64. The Labute approximate surface area is 101 Å². The van der Waals surface area contributed by atoms with E-state index < -0.39 is 10.0 Å². The van der Waals surface area contributed by atoms with Crippen LogP contribution in [0, 0.1) is 5.92 Å². The second-order valence-electron chi connectivity index (χ2n) is 4.24. The Morgan fingerprint density at radius 3 is 3.06 bits per heavy atom. The lowest BCUT2D eigenvalue weighted by molar-refractivity contribution is 0.515. The topological polar surface area (TPSA) is 88.9 Å². The van der Waals surface area contributed by atoms with Crippen molar-refractivity contribution in [2.75, 3.05) is 19.6 Å². The van der Waals surface area contributed by atoms with E-state index in [0.717, 1.165) is 25.9 Å². The molecule has 0 bridgehead atoms. The third kappa shape index (κ3) is 3.02. The van der Waals surface area contributed by atoms with Crippen molar-refractivity contribution < 1.29 is 8.42 Å². The summed E-state index contributed by atoms with van der Waals surface area (Å²) in [6.07, 6.45) is 3.23. The summed E-state index contributed by atoms with van der Waals surface area (Å²) in [5.41, 5.74) is 0. The molecule has 1 unspecified atom stereocenters. The Kier molecular flexibility index (Phi) is 3.75. The van der Waals surface area contributed by atoms with Gasteiger partial charge in [-0.25, -0.2) is 17.8 Å². The third-order valence-corrected chi connectivity index (χ3v) is 4.46. The molecule has 17 heavy (non-hydrogen) atoms. The maximum atomic E-state index is 11.9. The zero-order valence-corrected chi connectivity index (χ0v) is 10.6. The van der Waals surface area contributed by atoms with Crippen molar-refractivity contribution in [3.8, 4) is 0 Å². The van der Waals surface area contributed by atoms with E-state index in [-0.39, 0.29) is 5.03 Å². The predicted octanol–water partition coefficient (Wildman–Crippen LogP) is -0.907. The average Bonchev–Trinajstić information content (AvgIpc) is 2.88. The first-order valence-corrected chi connectivity index (χ1v) is 7.13. The molecule has 2 heterocycles. The van der Waals surface area contributed by atoms with E-state index in [4.69, 9.17) is 0 Å². The molecule has 1 saturated heterocycles. The van der Waals surface area contributed by atoms with Crippen molar-refractivity contribution in [3.05, 3.63) is 6.20 Å². The van der Waals surface area contributed by atoms with Gasteiger partial charge in [0.15, 0.2) is 5.03 Å². The van der Waals surface area contributed by atoms with E-state index in [1.54, 1.807) is 7.05 Å². The summed E-state index contributed by atoms with van der Waals surface area (Å²) in [4.78, 5) is 0. The second-order valence-corrected chi connectivity index (χ2v) is 5.95. The van der Waals surface area contributed by atoms with Crippen LogP contribution in [-0.4, -0.2) is 43.0 Å². The first-order chi connectivity index (χ1) is 8.09. The summed E-state index contributed by atoms with van der Waals surface area (Å²) in [6, 6.07) is 0. The number of aryl methyl sites for hydroxylation is 1. The average molecular weight is 259 g/mol. The Balaban J connectivity index is 1.87. The minimum atomic E-state index is -3.47. The van der Waals surface area contributed by atoms with Gasteiger partial charge in [-0.05, 0) is 31.8 Å². The van der Waals surface area contributed by atoms with E-state index in [9.17, 15) is 8.42 Å². The molecular formula is C9H17N5O2S. The summed E-state index contributed by atoms with van der Waals surface area (Å²) in [6.45, 7) is 2.47. The maximum absolute atomic E-state index is 11.9. The Morgan fingerprint density at radius 1 is 1.65 bits per heavy atom. The van der Waals surface area contributed by atoms with E-state index >= 15 is 0 Å². The van der Waals surface area contributed by atoms with Crippen molar-refractivity contribution in [2.24, 2.45) is 13.0 Å². The number of hydrogen-bond donors (Lipinski definition) is 2. The van der Waals surface area contributed by atoms with E-state index in [1.807, 2.05) is 0 Å². The summed E-state index contributed by atoms with van der Waals surface area (Å²) in [7, 11) is -1.91. The highest BCUT2D eigenvalue weighted by Gasteiger charge is 2.20. The van der Waals surface area contributed by atoms with Crippen LogP contribution in [0.15, 0.2) is 11.2 Å². The SMILES string of the molecule is Cn1nncc1S(=O)(=O)NCCC1CCNC1. The molecule has 1 aromatic rings. The standard InChI is InChI=1S/C9H17N5O2S/c1-14-9(7-11-13-14)17(15,16)12-5-3-8-2-4-10-6-8/h7-8,10,12H,2-6H2,1H3. The molecule has 2 N–H and O–H groups in total.